The van der Waals surface area contributed by atoms with Gasteiger partial charge in [-0.15, -0.1) is 11.8 Å². The molecule has 2 aliphatic heterocycles. The van der Waals surface area contributed by atoms with Gasteiger partial charge in [-0.05, 0) is 36.6 Å². The van der Waals surface area contributed by atoms with Gasteiger partial charge in [0.1, 0.15) is 10.7 Å². The topological polar surface area (TPSA) is 15.6 Å². The Hall–Kier alpha value is -1.45. The van der Waals surface area contributed by atoms with E-state index in [9.17, 15) is 0 Å². The average molecular weight is 357 g/mol. The molecule has 2 heterocycles. The Balaban J connectivity index is 1.64. The number of nitrogens with zero attached hydrogens (tertiary/aromatic N) is 2. The number of amidine groups is 1. The minimum atomic E-state index is 0.0554. The molecule has 0 aliphatic carbocycles. The number of benzene rings is 2. The fourth-order valence-electron chi connectivity index (χ4n) is 3.78. The zero-order chi connectivity index (χ0) is 16.6. The molecule has 4 heteroatoms. The lowest BCUT2D eigenvalue weighted by molar-refractivity contribution is 0.340. The van der Waals surface area contributed by atoms with E-state index in [0.717, 1.165) is 30.2 Å². The number of aliphatic imine (C=N–C) groups is 1. The van der Waals surface area contributed by atoms with Crippen LogP contribution in [0.4, 0.5) is 0 Å². The predicted molar refractivity (Wildman–Crippen MR) is 104 cm³/mol. The van der Waals surface area contributed by atoms with Crippen molar-refractivity contribution in [3.63, 3.8) is 0 Å². The molecule has 0 spiro atoms. The van der Waals surface area contributed by atoms with Gasteiger partial charge in [-0.25, -0.2) is 0 Å². The average Bonchev–Trinajstić information content (AvgIpc) is 3.18. The third kappa shape index (κ3) is 2.74. The van der Waals surface area contributed by atoms with Crippen LogP contribution in [0.15, 0.2) is 59.6 Å². The maximum absolute atomic E-state index is 6.08. The van der Waals surface area contributed by atoms with E-state index in [0.29, 0.717) is 0 Å². The van der Waals surface area contributed by atoms with E-state index < -0.39 is 0 Å². The van der Waals surface area contributed by atoms with Crippen LogP contribution in [0.3, 0.4) is 0 Å². The van der Waals surface area contributed by atoms with Crippen molar-refractivity contribution in [3.05, 3.63) is 70.7 Å². The van der Waals surface area contributed by atoms with Crippen molar-refractivity contribution < 1.29 is 0 Å². The van der Waals surface area contributed by atoms with Gasteiger partial charge in [-0.2, -0.15) is 0 Å². The van der Waals surface area contributed by atoms with E-state index in [4.69, 9.17) is 16.6 Å². The van der Waals surface area contributed by atoms with E-state index in [1.807, 2.05) is 23.9 Å². The molecule has 0 radical (unpaired) electrons. The number of fused-ring (bicyclic) bond motifs is 1. The molecule has 2 aliphatic rings. The molecular formula is C20H21ClN2S. The molecule has 2 aromatic rings. The number of rotatable bonds is 3. The monoisotopic (exact) mass is 356 g/mol. The van der Waals surface area contributed by atoms with Crippen LogP contribution in [0, 0.1) is 0 Å². The summed E-state index contributed by atoms with van der Waals surface area (Å²) in [4.78, 5) is 7.66. The largest absolute Gasteiger partial charge is 0.341 e. The SMILES string of the molecule is CC(N=C1CC[C@]2(c3ccc(Cl)cc3)SCCN12)c1ccccc1. The Labute approximate surface area is 152 Å². The van der Waals surface area contributed by atoms with Crippen LogP contribution >= 0.6 is 23.4 Å². The second-order valence-electron chi connectivity index (χ2n) is 6.42. The summed E-state index contributed by atoms with van der Waals surface area (Å²) in [6, 6.07) is 19.1. The molecule has 1 unspecified atom stereocenters. The Morgan fingerprint density at radius 3 is 2.62 bits per heavy atom. The number of thioether (sulfide) groups is 1. The molecule has 2 fully saturated rings. The first-order chi connectivity index (χ1) is 11.7. The molecule has 0 saturated carbocycles. The molecule has 24 heavy (non-hydrogen) atoms. The number of hydrogen-bond donors (Lipinski definition) is 0. The highest BCUT2D eigenvalue weighted by Crippen LogP contribution is 2.52. The van der Waals surface area contributed by atoms with Gasteiger partial charge in [0.15, 0.2) is 0 Å². The highest BCUT2D eigenvalue weighted by Gasteiger charge is 2.49. The first-order valence-corrected chi connectivity index (χ1v) is 9.85. The van der Waals surface area contributed by atoms with Crippen molar-refractivity contribution in [2.45, 2.75) is 30.7 Å². The smallest absolute Gasteiger partial charge is 0.113 e. The maximum Gasteiger partial charge on any atom is 0.113 e. The van der Waals surface area contributed by atoms with E-state index in [1.165, 1.54) is 17.0 Å². The first kappa shape index (κ1) is 16.0. The molecule has 124 valence electrons. The maximum atomic E-state index is 6.08. The number of hydrogen-bond acceptors (Lipinski definition) is 2. The summed E-state index contributed by atoms with van der Waals surface area (Å²) in [5, 5.41) is 0.800. The van der Waals surface area contributed by atoms with Crippen molar-refractivity contribution in [3.8, 4) is 0 Å². The molecule has 0 N–H and O–H groups in total. The lowest BCUT2D eigenvalue weighted by Crippen LogP contribution is -2.36. The standard InChI is InChI=1S/C20H21ClN2S/c1-15(16-5-3-2-4-6-16)22-19-11-12-20(23(19)13-14-24-20)17-7-9-18(21)10-8-17/h2-10,15H,11-14H2,1H3/t15?,20-/m1/s1. The summed E-state index contributed by atoms with van der Waals surface area (Å²) in [7, 11) is 0. The summed E-state index contributed by atoms with van der Waals surface area (Å²) >= 11 is 8.13. The fraction of sp³-hybridized carbons (Fsp3) is 0.350. The van der Waals surface area contributed by atoms with Gasteiger partial charge in [-0.3, -0.25) is 4.99 Å². The molecule has 2 saturated heterocycles. The highest BCUT2D eigenvalue weighted by molar-refractivity contribution is 8.00. The van der Waals surface area contributed by atoms with Crippen LogP contribution in [0.2, 0.25) is 5.02 Å². The van der Waals surface area contributed by atoms with Crippen molar-refractivity contribution in [1.29, 1.82) is 0 Å². The highest BCUT2D eigenvalue weighted by atomic mass is 35.5. The predicted octanol–water partition coefficient (Wildman–Crippen LogP) is 5.50. The summed E-state index contributed by atoms with van der Waals surface area (Å²) in [5.41, 5.74) is 2.63. The van der Waals surface area contributed by atoms with Crippen LogP contribution < -0.4 is 0 Å². The Morgan fingerprint density at radius 2 is 1.88 bits per heavy atom. The Morgan fingerprint density at radius 1 is 1.12 bits per heavy atom. The molecule has 4 rings (SSSR count). The zero-order valence-electron chi connectivity index (χ0n) is 13.8. The van der Waals surface area contributed by atoms with Gasteiger partial charge >= 0.3 is 0 Å². The summed E-state index contributed by atoms with van der Waals surface area (Å²) in [6.07, 6.45) is 2.17. The van der Waals surface area contributed by atoms with Gasteiger partial charge in [-0.1, -0.05) is 54.1 Å². The van der Waals surface area contributed by atoms with Crippen LogP contribution in [-0.2, 0) is 4.87 Å². The summed E-state index contributed by atoms with van der Waals surface area (Å²) in [6.45, 7) is 3.27. The lowest BCUT2D eigenvalue weighted by atomic mass is 10.0. The summed E-state index contributed by atoms with van der Waals surface area (Å²) in [5.74, 6) is 2.41. The van der Waals surface area contributed by atoms with E-state index in [1.54, 1.807) is 0 Å². The second-order valence-corrected chi connectivity index (χ2v) is 8.23. The van der Waals surface area contributed by atoms with Crippen molar-refractivity contribution >= 4 is 29.2 Å². The molecule has 0 amide bonds. The minimum absolute atomic E-state index is 0.0554. The molecular weight excluding hydrogens is 336 g/mol. The van der Waals surface area contributed by atoms with Crippen LogP contribution in [-0.4, -0.2) is 23.0 Å². The van der Waals surface area contributed by atoms with E-state index >= 15 is 0 Å². The first-order valence-electron chi connectivity index (χ1n) is 8.48. The van der Waals surface area contributed by atoms with Gasteiger partial charge < -0.3 is 4.90 Å². The van der Waals surface area contributed by atoms with Crippen LogP contribution in [0.1, 0.15) is 36.9 Å². The van der Waals surface area contributed by atoms with Crippen molar-refractivity contribution in [1.82, 2.24) is 4.90 Å². The van der Waals surface area contributed by atoms with Crippen molar-refractivity contribution in [2.75, 3.05) is 12.3 Å². The quantitative estimate of drug-likeness (QED) is 0.722. The lowest BCUT2D eigenvalue weighted by Gasteiger charge is -2.33. The molecule has 2 aromatic carbocycles. The Kier molecular flexibility index (Phi) is 4.31. The van der Waals surface area contributed by atoms with Crippen LogP contribution in [0.5, 0.6) is 0 Å². The molecule has 0 aromatic heterocycles. The van der Waals surface area contributed by atoms with E-state index in [-0.39, 0.29) is 10.9 Å². The second kappa shape index (κ2) is 6.45. The number of halogens is 1. The van der Waals surface area contributed by atoms with Gasteiger partial charge in [0.05, 0.1) is 6.04 Å². The molecule has 0 bridgehead atoms. The fourth-order valence-corrected chi connectivity index (χ4v) is 5.42. The molecule has 2 atom stereocenters. The normalized spacial score (nSPS) is 25.9. The van der Waals surface area contributed by atoms with Crippen LogP contribution in [0.25, 0.3) is 0 Å². The zero-order valence-corrected chi connectivity index (χ0v) is 15.4. The van der Waals surface area contributed by atoms with Crippen molar-refractivity contribution in [2.24, 2.45) is 4.99 Å². The third-order valence-corrected chi connectivity index (χ3v) is 6.79. The minimum Gasteiger partial charge on any atom is -0.341 e. The van der Waals surface area contributed by atoms with Gasteiger partial charge in [0.25, 0.3) is 0 Å². The van der Waals surface area contributed by atoms with Gasteiger partial charge in [0, 0.05) is 23.7 Å². The van der Waals surface area contributed by atoms with E-state index in [2.05, 4.69) is 54.3 Å². The summed E-state index contributed by atoms with van der Waals surface area (Å²) < 4.78 is 0. The third-order valence-electron chi connectivity index (χ3n) is 5.01. The van der Waals surface area contributed by atoms with Gasteiger partial charge in [0.2, 0.25) is 0 Å². The Bertz CT molecular complexity index is 744. The molecule has 2 nitrogen and oxygen atoms in total.